The third kappa shape index (κ3) is 2.89. The van der Waals surface area contributed by atoms with E-state index >= 15 is 0 Å². The number of nitrogens with one attached hydrogen (secondary N) is 1. The molecule has 6 heteroatoms. The van der Waals surface area contributed by atoms with Crippen LogP contribution >= 0.6 is 11.5 Å². The maximum Gasteiger partial charge on any atom is 0.219 e. The number of carbonyl (C=O) groups excluding carboxylic acids is 1. The molecule has 1 aromatic rings. The summed E-state index contributed by atoms with van der Waals surface area (Å²) in [5.41, 5.74) is 5.10. The molecule has 0 radical (unpaired) electrons. The number of primary amides is 1. The highest BCUT2D eigenvalue weighted by Gasteiger charge is 2.27. The second kappa shape index (κ2) is 4.14. The zero-order valence-electron chi connectivity index (χ0n) is 8.56. The molecule has 1 saturated carbocycles. The van der Waals surface area contributed by atoms with E-state index in [-0.39, 0.29) is 11.9 Å². The Balaban J connectivity index is 1.89. The van der Waals surface area contributed by atoms with E-state index in [1.165, 1.54) is 24.4 Å². The molecule has 3 N–H and O–H groups in total. The molecule has 0 spiro atoms. The van der Waals surface area contributed by atoms with Gasteiger partial charge in [0.05, 0.1) is 0 Å². The number of aromatic nitrogens is 2. The van der Waals surface area contributed by atoms with Crippen molar-refractivity contribution in [2.24, 2.45) is 5.73 Å². The average molecular weight is 226 g/mol. The summed E-state index contributed by atoms with van der Waals surface area (Å²) in [4.78, 5) is 15.0. The van der Waals surface area contributed by atoms with Gasteiger partial charge in [0, 0.05) is 29.9 Å². The molecule has 15 heavy (non-hydrogen) atoms. The zero-order valence-corrected chi connectivity index (χ0v) is 9.38. The van der Waals surface area contributed by atoms with Crippen molar-refractivity contribution < 1.29 is 4.79 Å². The molecule has 1 atom stereocenters. The van der Waals surface area contributed by atoms with Crippen molar-refractivity contribution in [2.45, 2.75) is 38.1 Å². The molecule has 0 aliphatic heterocycles. The van der Waals surface area contributed by atoms with Crippen molar-refractivity contribution in [1.82, 2.24) is 9.36 Å². The Morgan fingerprint density at radius 2 is 2.47 bits per heavy atom. The van der Waals surface area contributed by atoms with Gasteiger partial charge in [-0.15, -0.1) is 0 Å². The number of hydrogen-bond acceptors (Lipinski definition) is 5. The molecule has 1 amide bonds. The Hall–Kier alpha value is -1.17. The maximum atomic E-state index is 10.7. The van der Waals surface area contributed by atoms with Crippen LogP contribution in [-0.4, -0.2) is 21.3 Å². The van der Waals surface area contributed by atoms with Crippen molar-refractivity contribution in [2.75, 3.05) is 5.32 Å². The Bertz CT molecular complexity index is 361. The quantitative estimate of drug-likeness (QED) is 0.787. The van der Waals surface area contributed by atoms with Gasteiger partial charge in [-0.2, -0.15) is 4.37 Å². The summed E-state index contributed by atoms with van der Waals surface area (Å²) in [6.07, 6.45) is 2.72. The molecule has 1 heterocycles. The van der Waals surface area contributed by atoms with E-state index in [1.54, 1.807) is 0 Å². The van der Waals surface area contributed by atoms with Crippen molar-refractivity contribution in [1.29, 1.82) is 0 Å². The van der Waals surface area contributed by atoms with Crippen LogP contribution in [0.25, 0.3) is 0 Å². The highest BCUT2D eigenvalue weighted by Crippen LogP contribution is 2.39. The second-order valence-corrected chi connectivity index (χ2v) is 4.70. The number of carbonyl (C=O) groups is 1. The van der Waals surface area contributed by atoms with E-state index in [0.717, 1.165) is 11.0 Å². The Labute approximate surface area is 92.3 Å². The average Bonchev–Trinajstić information content (AvgIpc) is 2.87. The van der Waals surface area contributed by atoms with Gasteiger partial charge in [0.25, 0.3) is 0 Å². The summed E-state index contributed by atoms with van der Waals surface area (Å²) in [6.45, 7) is 1.91. The van der Waals surface area contributed by atoms with Crippen molar-refractivity contribution >= 4 is 22.6 Å². The third-order valence-corrected chi connectivity index (χ3v) is 2.92. The molecule has 1 aliphatic carbocycles. The predicted octanol–water partition coefficient (Wildman–Crippen LogP) is 1.09. The van der Waals surface area contributed by atoms with Gasteiger partial charge in [0.1, 0.15) is 5.82 Å². The fourth-order valence-corrected chi connectivity index (χ4v) is 2.12. The van der Waals surface area contributed by atoms with Gasteiger partial charge in [-0.05, 0) is 19.8 Å². The number of amides is 1. The normalized spacial score (nSPS) is 17.4. The van der Waals surface area contributed by atoms with E-state index in [2.05, 4.69) is 14.7 Å². The van der Waals surface area contributed by atoms with E-state index in [1.807, 2.05) is 6.92 Å². The van der Waals surface area contributed by atoms with Crippen LogP contribution in [-0.2, 0) is 4.79 Å². The van der Waals surface area contributed by atoms with Crippen LogP contribution in [0.15, 0.2) is 0 Å². The number of anilines is 1. The van der Waals surface area contributed by atoms with Gasteiger partial charge in [-0.1, -0.05) is 0 Å². The summed E-state index contributed by atoms with van der Waals surface area (Å²) < 4.78 is 4.26. The molecule has 1 aliphatic rings. The summed E-state index contributed by atoms with van der Waals surface area (Å²) in [5.74, 6) is 1.21. The number of hydrogen-bond donors (Lipinski definition) is 2. The Kier molecular flexibility index (Phi) is 2.86. The first-order valence-electron chi connectivity index (χ1n) is 5.03. The van der Waals surface area contributed by atoms with Crippen LogP contribution < -0.4 is 11.1 Å². The lowest BCUT2D eigenvalue weighted by atomic mass is 10.2. The summed E-state index contributed by atoms with van der Waals surface area (Å²) >= 11 is 1.35. The van der Waals surface area contributed by atoms with E-state index in [0.29, 0.717) is 12.3 Å². The molecule has 5 nitrogen and oxygen atoms in total. The SMILES string of the molecule is CC(CC(N)=O)Nc1nc(C2CC2)ns1. The smallest absolute Gasteiger partial charge is 0.219 e. The topological polar surface area (TPSA) is 80.9 Å². The first-order valence-corrected chi connectivity index (χ1v) is 5.81. The highest BCUT2D eigenvalue weighted by atomic mass is 32.1. The first-order chi connectivity index (χ1) is 7.15. The van der Waals surface area contributed by atoms with Gasteiger partial charge in [0.15, 0.2) is 0 Å². The lowest BCUT2D eigenvalue weighted by Gasteiger charge is -2.09. The maximum absolute atomic E-state index is 10.7. The molecule has 0 saturated heterocycles. The van der Waals surface area contributed by atoms with Crippen LogP contribution in [0, 0.1) is 0 Å². The molecular weight excluding hydrogens is 212 g/mol. The van der Waals surface area contributed by atoms with E-state index in [4.69, 9.17) is 5.73 Å². The van der Waals surface area contributed by atoms with Crippen molar-refractivity contribution in [3.8, 4) is 0 Å². The van der Waals surface area contributed by atoms with Crippen LogP contribution in [0.2, 0.25) is 0 Å². The Morgan fingerprint density at radius 3 is 3.07 bits per heavy atom. The van der Waals surface area contributed by atoms with Gasteiger partial charge >= 0.3 is 0 Å². The Morgan fingerprint density at radius 1 is 1.73 bits per heavy atom. The van der Waals surface area contributed by atoms with Crippen LogP contribution in [0.3, 0.4) is 0 Å². The van der Waals surface area contributed by atoms with Crippen LogP contribution in [0.5, 0.6) is 0 Å². The minimum atomic E-state index is -0.304. The molecule has 2 rings (SSSR count). The summed E-state index contributed by atoms with van der Waals surface area (Å²) in [5, 5.41) is 3.90. The lowest BCUT2D eigenvalue weighted by molar-refractivity contribution is -0.118. The second-order valence-electron chi connectivity index (χ2n) is 3.95. The molecular formula is C9H14N4OS. The highest BCUT2D eigenvalue weighted by molar-refractivity contribution is 7.09. The van der Waals surface area contributed by atoms with Gasteiger partial charge in [-0.3, -0.25) is 4.79 Å². The van der Waals surface area contributed by atoms with Crippen LogP contribution in [0.4, 0.5) is 5.13 Å². The summed E-state index contributed by atoms with van der Waals surface area (Å²) in [6, 6.07) is 0.0162. The van der Waals surface area contributed by atoms with Crippen molar-refractivity contribution in [3.63, 3.8) is 0 Å². The third-order valence-electron chi connectivity index (χ3n) is 2.26. The number of nitrogens with two attached hydrogens (primary N) is 1. The first kappa shape index (κ1) is 10.4. The monoisotopic (exact) mass is 226 g/mol. The molecule has 1 fully saturated rings. The molecule has 1 unspecified atom stereocenters. The number of rotatable bonds is 5. The molecule has 82 valence electrons. The zero-order chi connectivity index (χ0) is 10.8. The van der Waals surface area contributed by atoms with Gasteiger partial charge < -0.3 is 11.1 Å². The summed E-state index contributed by atoms with van der Waals surface area (Å²) in [7, 11) is 0. The van der Waals surface area contributed by atoms with Gasteiger partial charge in [-0.25, -0.2) is 4.98 Å². The van der Waals surface area contributed by atoms with Crippen molar-refractivity contribution in [3.05, 3.63) is 5.82 Å². The van der Waals surface area contributed by atoms with Crippen LogP contribution in [0.1, 0.15) is 37.9 Å². The number of nitrogens with zero attached hydrogens (tertiary/aromatic N) is 2. The molecule has 1 aromatic heterocycles. The largest absolute Gasteiger partial charge is 0.370 e. The molecule has 0 bridgehead atoms. The van der Waals surface area contributed by atoms with Gasteiger partial charge in [0.2, 0.25) is 11.0 Å². The van der Waals surface area contributed by atoms with E-state index < -0.39 is 0 Å². The predicted molar refractivity (Wildman–Crippen MR) is 58.8 cm³/mol. The fraction of sp³-hybridized carbons (Fsp3) is 0.667. The lowest BCUT2D eigenvalue weighted by Crippen LogP contribution is -2.23. The fourth-order valence-electron chi connectivity index (χ4n) is 1.36. The molecule has 0 aromatic carbocycles. The standard InChI is InChI=1S/C9H14N4OS/c1-5(4-7(10)14)11-9-12-8(13-15-9)6-2-3-6/h5-6H,2-4H2,1H3,(H2,10,14)(H,11,12,13). The minimum absolute atomic E-state index is 0.0162. The minimum Gasteiger partial charge on any atom is -0.370 e. The van der Waals surface area contributed by atoms with E-state index in [9.17, 15) is 4.79 Å².